The van der Waals surface area contributed by atoms with Gasteiger partial charge in [0.2, 0.25) is 0 Å². The Morgan fingerprint density at radius 1 is 1.43 bits per heavy atom. The minimum Gasteiger partial charge on any atom is -0.490 e. The van der Waals surface area contributed by atoms with E-state index in [-0.39, 0.29) is 6.10 Å². The predicted octanol–water partition coefficient (Wildman–Crippen LogP) is 3.00. The Balaban J connectivity index is 3.08. The third-order valence-electron chi connectivity index (χ3n) is 1.81. The summed E-state index contributed by atoms with van der Waals surface area (Å²) in [5, 5.41) is 8.98. The van der Waals surface area contributed by atoms with Gasteiger partial charge >= 0.3 is 0 Å². The van der Waals surface area contributed by atoms with Crippen molar-refractivity contribution in [3.05, 3.63) is 42.5 Å². The first-order valence-electron chi connectivity index (χ1n) is 4.58. The fourth-order valence-electron chi connectivity index (χ4n) is 1.25. The van der Waals surface area contributed by atoms with Gasteiger partial charge in [0.25, 0.3) is 0 Å². The van der Waals surface area contributed by atoms with Crippen molar-refractivity contribution in [2.24, 2.45) is 0 Å². The van der Waals surface area contributed by atoms with Crippen molar-refractivity contribution in [2.45, 2.75) is 20.0 Å². The number of benzene rings is 1. The molecule has 0 heterocycles. The van der Waals surface area contributed by atoms with Crippen molar-refractivity contribution >= 4 is 6.08 Å². The molecular formula is C12H15O2. The summed E-state index contributed by atoms with van der Waals surface area (Å²) >= 11 is 0. The Hall–Kier alpha value is -1.28. The monoisotopic (exact) mass is 191 g/mol. The standard InChI is InChI=1S/C12H15O2/c1-4-11-10(8-13)6-5-7-12(11)14-9(2)3/h4-9,13H,1H2,2-3H3. The van der Waals surface area contributed by atoms with Gasteiger partial charge < -0.3 is 9.84 Å². The molecule has 1 aromatic carbocycles. The molecule has 0 spiro atoms. The summed E-state index contributed by atoms with van der Waals surface area (Å²) in [5.74, 6) is 0.748. The molecule has 14 heavy (non-hydrogen) atoms. The van der Waals surface area contributed by atoms with E-state index in [0.717, 1.165) is 23.5 Å². The SMILES string of the molecule is C=Cc1c([CH]O)cccc1OC(C)C. The molecule has 2 heteroatoms. The molecule has 0 aromatic heterocycles. The zero-order valence-corrected chi connectivity index (χ0v) is 8.53. The van der Waals surface area contributed by atoms with Crippen LogP contribution < -0.4 is 4.74 Å². The van der Waals surface area contributed by atoms with E-state index >= 15 is 0 Å². The molecule has 0 aliphatic heterocycles. The van der Waals surface area contributed by atoms with Crippen molar-refractivity contribution in [3.8, 4) is 5.75 Å². The maximum absolute atomic E-state index is 8.98. The Kier molecular flexibility index (Phi) is 3.72. The lowest BCUT2D eigenvalue weighted by Gasteiger charge is -2.14. The molecule has 1 rings (SSSR count). The Morgan fingerprint density at radius 3 is 2.64 bits per heavy atom. The number of hydrogen-bond acceptors (Lipinski definition) is 2. The molecule has 0 amide bonds. The Bertz CT molecular complexity index is 316. The molecule has 1 radical (unpaired) electrons. The van der Waals surface area contributed by atoms with Gasteiger partial charge in [0, 0.05) is 5.56 Å². The number of rotatable bonds is 4. The quantitative estimate of drug-likeness (QED) is 0.792. The highest BCUT2D eigenvalue weighted by Gasteiger charge is 2.06. The van der Waals surface area contributed by atoms with E-state index in [1.807, 2.05) is 32.0 Å². The highest BCUT2D eigenvalue weighted by Crippen LogP contribution is 2.25. The number of ether oxygens (including phenoxy) is 1. The normalized spacial score (nSPS) is 10.3. The van der Waals surface area contributed by atoms with E-state index in [0.29, 0.717) is 0 Å². The summed E-state index contributed by atoms with van der Waals surface area (Å²) < 4.78 is 5.58. The van der Waals surface area contributed by atoms with Gasteiger partial charge in [-0.2, -0.15) is 0 Å². The van der Waals surface area contributed by atoms with Crippen LogP contribution in [0.25, 0.3) is 6.08 Å². The Labute approximate surface area is 84.8 Å². The molecule has 75 valence electrons. The number of hydrogen-bond donors (Lipinski definition) is 1. The second kappa shape index (κ2) is 4.82. The fraction of sp³-hybridized carbons (Fsp3) is 0.250. The van der Waals surface area contributed by atoms with Crippen LogP contribution in [-0.2, 0) is 0 Å². The zero-order valence-electron chi connectivity index (χ0n) is 8.53. The van der Waals surface area contributed by atoms with Crippen molar-refractivity contribution in [1.82, 2.24) is 0 Å². The van der Waals surface area contributed by atoms with Crippen LogP contribution >= 0.6 is 0 Å². The minimum atomic E-state index is 0.114. The van der Waals surface area contributed by atoms with E-state index < -0.39 is 0 Å². The molecule has 1 aromatic rings. The first-order valence-corrected chi connectivity index (χ1v) is 4.58. The van der Waals surface area contributed by atoms with Gasteiger partial charge in [-0.05, 0) is 25.5 Å². The fourth-order valence-corrected chi connectivity index (χ4v) is 1.25. The molecule has 1 N–H and O–H groups in total. The summed E-state index contributed by atoms with van der Waals surface area (Å²) in [6, 6.07) is 5.51. The molecule has 0 aliphatic rings. The van der Waals surface area contributed by atoms with Gasteiger partial charge in [0.05, 0.1) is 6.10 Å². The molecular weight excluding hydrogens is 176 g/mol. The highest BCUT2D eigenvalue weighted by molar-refractivity contribution is 5.61. The third kappa shape index (κ3) is 2.36. The van der Waals surface area contributed by atoms with Crippen molar-refractivity contribution < 1.29 is 9.84 Å². The van der Waals surface area contributed by atoms with Crippen molar-refractivity contribution in [2.75, 3.05) is 0 Å². The molecule has 0 atom stereocenters. The Morgan fingerprint density at radius 2 is 2.14 bits per heavy atom. The molecule has 0 unspecified atom stereocenters. The first-order chi connectivity index (χ1) is 6.69. The van der Waals surface area contributed by atoms with Crippen LogP contribution in [0.2, 0.25) is 0 Å². The lowest BCUT2D eigenvalue weighted by Crippen LogP contribution is -2.07. The minimum absolute atomic E-state index is 0.114. The second-order valence-corrected chi connectivity index (χ2v) is 3.26. The van der Waals surface area contributed by atoms with E-state index in [4.69, 9.17) is 9.84 Å². The maximum Gasteiger partial charge on any atom is 0.127 e. The van der Waals surface area contributed by atoms with Gasteiger partial charge in [-0.15, -0.1) is 0 Å². The van der Waals surface area contributed by atoms with Crippen LogP contribution in [0, 0.1) is 6.61 Å². The summed E-state index contributed by atoms with van der Waals surface area (Å²) in [6.45, 7) is 8.68. The molecule has 0 saturated carbocycles. The molecule has 0 bridgehead atoms. The van der Waals surface area contributed by atoms with Gasteiger partial charge in [-0.3, -0.25) is 0 Å². The van der Waals surface area contributed by atoms with Crippen molar-refractivity contribution in [3.63, 3.8) is 0 Å². The maximum atomic E-state index is 8.98. The summed E-state index contributed by atoms with van der Waals surface area (Å²) in [7, 11) is 0. The van der Waals surface area contributed by atoms with Crippen LogP contribution in [0.4, 0.5) is 0 Å². The van der Waals surface area contributed by atoms with Crippen molar-refractivity contribution in [1.29, 1.82) is 0 Å². The summed E-state index contributed by atoms with van der Waals surface area (Å²) in [6.07, 6.45) is 1.79. The smallest absolute Gasteiger partial charge is 0.127 e. The lowest BCUT2D eigenvalue weighted by molar-refractivity contribution is 0.241. The topological polar surface area (TPSA) is 29.5 Å². The van der Waals surface area contributed by atoms with Crippen LogP contribution in [-0.4, -0.2) is 11.2 Å². The van der Waals surface area contributed by atoms with Crippen LogP contribution in [0.5, 0.6) is 5.75 Å². The van der Waals surface area contributed by atoms with Crippen LogP contribution in [0.15, 0.2) is 24.8 Å². The second-order valence-electron chi connectivity index (χ2n) is 3.26. The van der Waals surface area contributed by atoms with E-state index in [9.17, 15) is 0 Å². The number of aliphatic hydroxyl groups excluding tert-OH is 1. The van der Waals surface area contributed by atoms with Crippen LogP contribution in [0.3, 0.4) is 0 Å². The lowest BCUT2D eigenvalue weighted by atomic mass is 10.1. The van der Waals surface area contributed by atoms with E-state index in [2.05, 4.69) is 6.58 Å². The number of aliphatic hydroxyl groups is 1. The molecule has 0 fully saturated rings. The first kappa shape index (κ1) is 10.8. The van der Waals surface area contributed by atoms with Gasteiger partial charge in [0.1, 0.15) is 12.4 Å². The largest absolute Gasteiger partial charge is 0.490 e. The van der Waals surface area contributed by atoms with Gasteiger partial charge in [-0.1, -0.05) is 24.8 Å². The van der Waals surface area contributed by atoms with E-state index in [1.165, 1.54) is 0 Å². The van der Waals surface area contributed by atoms with E-state index in [1.54, 1.807) is 6.08 Å². The summed E-state index contributed by atoms with van der Waals surface area (Å²) in [4.78, 5) is 0. The van der Waals surface area contributed by atoms with Gasteiger partial charge in [-0.25, -0.2) is 0 Å². The van der Waals surface area contributed by atoms with Crippen LogP contribution in [0.1, 0.15) is 25.0 Å². The third-order valence-corrected chi connectivity index (χ3v) is 1.81. The molecule has 0 aliphatic carbocycles. The zero-order chi connectivity index (χ0) is 10.6. The average molecular weight is 191 g/mol. The molecule has 2 nitrogen and oxygen atoms in total. The predicted molar refractivity (Wildman–Crippen MR) is 57.6 cm³/mol. The average Bonchev–Trinajstić information content (AvgIpc) is 2.16. The summed E-state index contributed by atoms with van der Waals surface area (Å²) in [5.41, 5.74) is 1.54. The highest BCUT2D eigenvalue weighted by atomic mass is 16.5. The molecule has 0 saturated heterocycles. The van der Waals surface area contributed by atoms with Gasteiger partial charge in [0.15, 0.2) is 0 Å².